The summed E-state index contributed by atoms with van der Waals surface area (Å²) in [5.41, 5.74) is 7.65. The molecule has 2 aromatic rings. The van der Waals surface area contributed by atoms with Crippen LogP contribution in [0.2, 0.25) is 0 Å². The van der Waals surface area contributed by atoms with Gasteiger partial charge >= 0.3 is 0 Å². The van der Waals surface area contributed by atoms with Crippen molar-refractivity contribution < 1.29 is 18.0 Å². The number of primary amides is 1. The number of likely N-dealkylation sites (N-methyl/N-ethyl adjacent to an activating group) is 1. The lowest BCUT2D eigenvalue weighted by molar-refractivity contribution is -0.117. The number of nitrogens with zero attached hydrogens (tertiary/aromatic N) is 3. The Morgan fingerprint density at radius 2 is 1.82 bits per heavy atom. The van der Waals surface area contributed by atoms with Crippen LogP contribution in [-0.2, 0) is 17.8 Å². The second-order valence-corrected chi connectivity index (χ2v) is 9.04. The van der Waals surface area contributed by atoms with Crippen molar-refractivity contribution in [3.8, 4) is 0 Å². The van der Waals surface area contributed by atoms with Gasteiger partial charge in [-0.1, -0.05) is 36.4 Å². The molecule has 180 valence electrons. The molecule has 34 heavy (non-hydrogen) atoms. The summed E-state index contributed by atoms with van der Waals surface area (Å²) in [7, 11) is 1.79. The van der Waals surface area contributed by atoms with Crippen LogP contribution in [-0.4, -0.2) is 34.4 Å². The Morgan fingerprint density at radius 1 is 1.15 bits per heavy atom. The molecule has 4 rings (SSSR count). The highest BCUT2D eigenvalue weighted by Crippen LogP contribution is 2.52. The van der Waals surface area contributed by atoms with Gasteiger partial charge in [0.15, 0.2) is 11.6 Å². The summed E-state index contributed by atoms with van der Waals surface area (Å²) < 4.78 is 42.6. The zero-order chi connectivity index (χ0) is 24.5. The van der Waals surface area contributed by atoms with Crippen LogP contribution in [0.3, 0.4) is 0 Å². The lowest BCUT2D eigenvalue weighted by Gasteiger charge is -2.33. The molecule has 1 amide bonds. The lowest BCUT2D eigenvalue weighted by atomic mass is 9.89. The summed E-state index contributed by atoms with van der Waals surface area (Å²) in [6, 6.07) is 7.29. The first-order valence-electron chi connectivity index (χ1n) is 11.2. The Bertz CT molecular complexity index is 1130. The predicted octanol–water partition coefficient (Wildman–Crippen LogP) is 4.53. The van der Waals surface area contributed by atoms with Crippen molar-refractivity contribution in [2.24, 2.45) is 5.73 Å². The molecule has 1 aromatic carbocycles. The number of allylic oxidation sites excluding steroid dienone is 3. The third kappa shape index (κ3) is 4.93. The number of carbonyl (C=O) groups excluding carboxylic acids is 1. The van der Waals surface area contributed by atoms with Crippen LogP contribution < -0.4 is 16.0 Å². The van der Waals surface area contributed by atoms with E-state index < -0.39 is 23.2 Å². The molecule has 0 aliphatic heterocycles. The summed E-state index contributed by atoms with van der Waals surface area (Å²) in [5, 5.41) is 3.01. The number of hydrogen-bond donors (Lipinski definition) is 2. The minimum absolute atomic E-state index is 0.0827. The van der Waals surface area contributed by atoms with Crippen LogP contribution >= 0.6 is 0 Å². The van der Waals surface area contributed by atoms with Gasteiger partial charge in [-0.15, -0.1) is 0 Å². The van der Waals surface area contributed by atoms with Crippen molar-refractivity contribution in [2.45, 2.75) is 57.0 Å². The van der Waals surface area contributed by atoms with Crippen LogP contribution in [0.1, 0.15) is 43.7 Å². The Balaban J connectivity index is 1.48. The van der Waals surface area contributed by atoms with Crippen molar-refractivity contribution in [2.75, 3.05) is 17.3 Å². The van der Waals surface area contributed by atoms with E-state index in [0.717, 1.165) is 36.5 Å². The molecule has 0 saturated heterocycles. The molecule has 0 atom stereocenters. The number of nitrogens with one attached hydrogen (secondary N) is 1. The minimum atomic E-state index is -2.83. The molecule has 0 radical (unpaired) electrons. The van der Waals surface area contributed by atoms with E-state index in [1.165, 1.54) is 12.4 Å². The van der Waals surface area contributed by atoms with Crippen molar-refractivity contribution in [1.29, 1.82) is 0 Å². The molecular weight excluding hydrogens is 443 g/mol. The molecule has 9 heteroatoms. The number of benzene rings is 1. The smallest absolute Gasteiger partial charge is 0.266 e. The maximum absolute atomic E-state index is 15.4. The molecule has 1 saturated carbocycles. The molecule has 0 spiro atoms. The van der Waals surface area contributed by atoms with Gasteiger partial charge in [-0.2, -0.15) is 4.39 Å². The molecule has 0 bridgehead atoms. The molecule has 2 aliphatic rings. The number of amides is 1. The zero-order valence-electron chi connectivity index (χ0n) is 19.2. The molecule has 3 N–H and O–H groups in total. The highest BCUT2D eigenvalue weighted by atomic mass is 19.3. The standard InChI is InChI=1S/C25H28F3N5O/c1-24(27,28)18-7-9-19(10-8-18)25(11-12-25)33(2)23-21(26)22(31-15-32-23)30-14-17-5-3-16(4-6-17)13-20(29)34/h3-7,9,15H,8,10-14H2,1-2H3,(H2,29,34)(H,30,31,32). The Kier molecular flexibility index (Phi) is 6.38. The molecule has 0 unspecified atom stereocenters. The first kappa shape index (κ1) is 23.8. The first-order chi connectivity index (χ1) is 16.1. The van der Waals surface area contributed by atoms with Gasteiger partial charge in [0.2, 0.25) is 11.7 Å². The summed E-state index contributed by atoms with van der Waals surface area (Å²) >= 11 is 0. The number of anilines is 2. The maximum atomic E-state index is 15.4. The van der Waals surface area contributed by atoms with E-state index in [4.69, 9.17) is 5.73 Å². The summed E-state index contributed by atoms with van der Waals surface area (Å²) in [5.74, 6) is -3.54. The highest BCUT2D eigenvalue weighted by molar-refractivity contribution is 5.76. The van der Waals surface area contributed by atoms with Gasteiger partial charge in [0.05, 0.1) is 12.0 Å². The van der Waals surface area contributed by atoms with Gasteiger partial charge in [0.1, 0.15) is 6.33 Å². The minimum Gasteiger partial charge on any atom is -0.369 e. The predicted molar refractivity (Wildman–Crippen MR) is 125 cm³/mol. The van der Waals surface area contributed by atoms with Crippen molar-refractivity contribution in [1.82, 2.24) is 9.97 Å². The third-order valence-corrected chi connectivity index (χ3v) is 6.63. The van der Waals surface area contributed by atoms with Crippen LogP contribution in [0, 0.1) is 5.82 Å². The normalized spacial score (nSPS) is 17.0. The lowest BCUT2D eigenvalue weighted by Crippen LogP contribution is -2.37. The van der Waals surface area contributed by atoms with Gasteiger partial charge in [0, 0.05) is 20.5 Å². The summed E-state index contributed by atoms with van der Waals surface area (Å²) in [6.07, 6.45) is 7.18. The molecule has 1 fully saturated rings. The Morgan fingerprint density at radius 3 is 2.38 bits per heavy atom. The van der Waals surface area contributed by atoms with E-state index in [1.807, 2.05) is 17.0 Å². The number of nitrogens with two attached hydrogens (primary N) is 1. The van der Waals surface area contributed by atoms with E-state index in [0.29, 0.717) is 19.4 Å². The zero-order valence-corrected chi connectivity index (χ0v) is 19.2. The number of carbonyl (C=O) groups is 1. The highest BCUT2D eigenvalue weighted by Gasteiger charge is 2.51. The number of hydrogen-bond acceptors (Lipinski definition) is 5. The van der Waals surface area contributed by atoms with E-state index in [1.54, 1.807) is 25.3 Å². The topological polar surface area (TPSA) is 84.1 Å². The summed E-state index contributed by atoms with van der Waals surface area (Å²) in [6.45, 7) is 1.25. The average Bonchev–Trinajstić information content (AvgIpc) is 3.60. The van der Waals surface area contributed by atoms with Crippen molar-refractivity contribution >= 4 is 17.5 Å². The van der Waals surface area contributed by atoms with E-state index in [9.17, 15) is 13.6 Å². The van der Waals surface area contributed by atoms with Crippen LogP contribution in [0.25, 0.3) is 0 Å². The summed E-state index contributed by atoms with van der Waals surface area (Å²) in [4.78, 5) is 21.1. The number of alkyl halides is 2. The van der Waals surface area contributed by atoms with Gasteiger partial charge < -0.3 is 16.0 Å². The van der Waals surface area contributed by atoms with Crippen LogP contribution in [0.5, 0.6) is 0 Å². The first-order valence-corrected chi connectivity index (χ1v) is 11.2. The molecule has 1 aromatic heterocycles. The molecule has 1 heterocycles. The van der Waals surface area contributed by atoms with Gasteiger partial charge in [0.25, 0.3) is 5.92 Å². The fourth-order valence-corrected chi connectivity index (χ4v) is 4.46. The monoisotopic (exact) mass is 471 g/mol. The maximum Gasteiger partial charge on any atom is 0.266 e. The fraction of sp³-hybridized carbons (Fsp3) is 0.400. The number of halogens is 3. The SMILES string of the molecule is CN(c1ncnc(NCc2ccc(CC(N)=O)cc2)c1F)C1(C2=CC=C(C(C)(F)F)CC2)CC1. The van der Waals surface area contributed by atoms with Gasteiger partial charge in [-0.05, 0) is 48.0 Å². The van der Waals surface area contributed by atoms with Gasteiger partial charge in [-0.3, -0.25) is 4.79 Å². The van der Waals surface area contributed by atoms with Crippen molar-refractivity contribution in [3.05, 3.63) is 70.8 Å². The molecule has 2 aliphatic carbocycles. The van der Waals surface area contributed by atoms with Crippen molar-refractivity contribution in [3.63, 3.8) is 0 Å². The van der Waals surface area contributed by atoms with Gasteiger partial charge in [-0.25, -0.2) is 18.7 Å². The largest absolute Gasteiger partial charge is 0.369 e. The van der Waals surface area contributed by atoms with E-state index in [-0.39, 0.29) is 23.6 Å². The second kappa shape index (κ2) is 9.12. The number of rotatable bonds is 9. The second-order valence-electron chi connectivity index (χ2n) is 9.04. The van der Waals surface area contributed by atoms with E-state index in [2.05, 4.69) is 15.3 Å². The average molecular weight is 472 g/mol. The Labute approximate surface area is 196 Å². The molecule has 6 nitrogen and oxygen atoms in total. The Hall–Kier alpha value is -3.36. The number of aromatic nitrogens is 2. The third-order valence-electron chi connectivity index (χ3n) is 6.63. The fourth-order valence-electron chi connectivity index (χ4n) is 4.46. The van der Waals surface area contributed by atoms with Crippen LogP contribution in [0.4, 0.5) is 24.8 Å². The molecular formula is C25H28F3N5O. The van der Waals surface area contributed by atoms with Crippen LogP contribution in [0.15, 0.2) is 53.9 Å². The van der Waals surface area contributed by atoms with E-state index >= 15 is 4.39 Å². The quantitative estimate of drug-likeness (QED) is 0.562.